The fourth-order valence-corrected chi connectivity index (χ4v) is 1.89. The van der Waals surface area contributed by atoms with Gasteiger partial charge in [0.2, 0.25) is 17.6 Å². The summed E-state index contributed by atoms with van der Waals surface area (Å²) in [5.41, 5.74) is 0. The van der Waals surface area contributed by atoms with E-state index in [1.165, 1.54) is 6.92 Å². The van der Waals surface area contributed by atoms with E-state index >= 15 is 0 Å². The van der Waals surface area contributed by atoms with Crippen LogP contribution in [-0.2, 0) is 4.79 Å². The van der Waals surface area contributed by atoms with Crippen LogP contribution in [0.5, 0.6) is 0 Å². The standard InChI is InChI=1S/C12H10N6O3/c1-6(19)13-11-8-5-3-2-4-7(8)9(21-11)10(20)14-12-15-17-18-16-12/h2-5H,1H3,(H,13,19)(H2,14,15,16,17,18,20). The molecule has 0 saturated carbocycles. The highest BCUT2D eigenvalue weighted by Crippen LogP contribution is 2.30. The number of amides is 2. The molecule has 0 saturated heterocycles. The summed E-state index contributed by atoms with van der Waals surface area (Å²) in [5.74, 6) is -0.527. The highest BCUT2D eigenvalue weighted by Gasteiger charge is 2.20. The molecule has 2 heterocycles. The molecule has 0 aliphatic rings. The van der Waals surface area contributed by atoms with Gasteiger partial charge in [-0.05, 0) is 11.3 Å². The van der Waals surface area contributed by atoms with Crippen molar-refractivity contribution in [1.29, 1.82) is 0 Å². The van der Waals surface area contributed by atoms with E-state index in [1.54, 1.807) is 24.3 Å². The summed E-state index contributed by atoms with van der Waals surface area (Å²) in [7, 11) is 0. The number of carbonyl (C=O) groups excluding carboxylic acids is 2. The minimum absolute atomic E-state index is 0.0292. The number of H-pyrrole nitrogens is 1. The van der Waals surface area contributed by atoms with Gasteiger partial charge in [-0.1, -0.05) is 23.3 Å². The van der Waals surface area contributed by atoms with Crippen LogP contribution in [0.3, 0.4) is 0 Å². The molecule has 0 radical (unpaired) electrons. The van der Waals surface area contributed by atoms with Crippen LogP contribution < -0.4 is 10.6 Å². The van der Waals surface area contributed by atoms with Gasteiger partial charge in [-0.3, -0.25) is 20.2 Å². The van der Waals surface area contributed by atoms with Crippen LogP contribution in [0.25, 0.3) is 10.8 Å². The van der Waals surface area contributed by atoms with Gasteiger partial charge in [-0.2, -0.15) is 5.21 Å². The summed E-state index contributed by atoms with van der Waals surface area (Å²) >= 11 is 0. The Hall–Kier alpha value is -3.23. The predicted molar refractivity (Wildman–Crippen MR) is 72.6 cm³/mol. The number of carbonyl (C=O) groups is 2. The zero-order valence-electron chi connectivity index (χ0n) is 10.9. The van der Waals surface area contributed by atoms with E-state index in [9.17, 15) is 9.59 Å². The van der Waals surface area contributed by atoms with E-state index in [0.29, 0.717) is 10.8 Å². The quantitative estimate of drug-likeness (QED) is 0.663. The number of fused-ring (bicyclic) bond motifs is 1. The first kappa shape index (κ1) is 12.8. The van der Waals surface area contributed by atoms with Gasteiger partial charge < -0.3 is 4.42 Å². The van der Waals surface area contributed by atoms with E-state index < -0.39 is 5.91 Å². The first-order valence-corrected chi connectivity index (χ1v) is 5.99. The number of furan rings is 1. The Morgan fingerprint density at radius 3 is 2.62 bits per heavy atom. The van der Waals surface area contributed by atoms with Gasteiger partial charge in [0.25, 0.3) is 11.9 Å². The molecular formula is C12H10N6O3. The lowest BCUT2D eigenvalue weighted by molar-refractivity contribution is -0.114. The zero-order valence-corrected chi connectivity index (χ0v) is 10.9. The topological polar surface area (TPSA) is 126 Å². The molecule has 21 heavy (non-hydrogen) atoms. The molecule has 0 unspecified atom stereocenters. The van der Waals surface area contributed by atoms with Crippen molar-refractivity contribution in [3.63, 3.8) is 0 Å². The molecule has 0 aliphatic heterocycles. The zero-order chi connectivity index (χ0) is 14.8. The van der Waals surface area contributed by atoms with Crippen LogP contribution >= 0.6 is 0 Å². The summed E-state index contributed by atoms with van der Waals surface area (Å²) in [5, 5.41) is 19.0. The number of rotatable bonds is 3. The second-order valence-electron chi connectivity index (χ2n) is 4.18. The molecule has 0 fully saturated rings. The molecule has 9 heteroatoms. The molecule has 0 bridgehead atoms. The third-order valence-electron chi connectivity index (χ3n) is 2.69. The Morgan fingerprint density at radius 1 is 1.19 bits per heavy atom. The lowest BCUT2D eigenvalue weighted by Gasteiger charge is -1.97. The minimum atomic E-state index is -0.538. The summed E-state index contributed by atoms with van der Waals surface area (Å²) < 4.78 is 5.46. The fraction of sp³-hybridized carbons (Fsp3) is 0.0833. The highest BCUT2D eigenvalue weighted by atomic mass is 16.4. The fourth-order valence-electron chi connectivity index (χ4n) is 1.89. The third kappa shape index (κ3) is 2.43. The lowest BCUT2D eigenvalue weighted by atomic mass is 10.1. The average molecular weight is 286 g/mol. The largest absolute Gasteiger partial charge is 0.434 e. The molecule has 1 aromatic carbocycles. The number of aromatic nitrogens is 4. The number of tetrazole rings is 1. The number of nitrogens with zero attached hydrogens (tertiary/aromatic N) is 3. The van der Waals surface area contributed by atoms with Gasteiger partial charge in [-0.25, -0.2) is 0 Å². The van der Waals surface area contributed by atoms with Gasteiger partial charge in [0, 0.05) is 17.7 Å². The molecule has 2 aromatic heterocycles. The van der Waals surface area contributed by atoms with Crippen LogP contribution in [0.15, 0.2) is 28.7 Å². The van der Waals surface area contributed by atoms with Crippen molar-refractivity contribution in [2.75, 3.05) is 10.6 Å². The van der Waals surface area contributed by atoms with Gasteiger partial charge >= 0.3 is 0 Å². The van der Waals surface area contributed by atoms with Gasteiger partial charge in [0.05, 0.1) is 0 Å². The Kier molecular flexibility index (Phi) is 3.07. The SMILES string of the molecule is CC(=O)Nc1oc(C(=O)Nc2nn[nH]n2)c2ccccc12. The number of benzene rings is 1. The summed E-state index contributed by atoms with van der Waals surface area (Å²) in [6.45, 7) is 1.36. The van der Waals surface area contributed by atoms with Crippen molar-refractivity contribution in [2.45, 2.75) is 6.92 Å². The van der Waals surface area contributed by atoms with Crippen LogP contribution in [0.1, 0.15) is 17.5 Å². The van der Waals surface area contributed by atoms with E-state index in [2.05, 4.69) is 31.3 Å². The molecule has 0 aliphatic carbocycles. The maximum absolute atomic E-state index is 12.2. The first-order chi connectivity index (χ1) is 10.1. The van der Waals surface area contributed by atoms with Crippen LogP contribution in [0.2, 0.25) is 0 Å². The molecule has 0 spiro atoms. The average Bonchev–Trinajstić information content (AvgIpc) is 3.07. The minimum Gasteiger partial charge on any atom is -0.434 e. The second-order valence-corrected chi connectivity index (χ2v) is 4.18. The van der Waals surface area contributed by atoms with Crippen molar-refractivity contribution in [2.24, 2.45) is 0 Å². The van der Waals surface area contributed by atoms with E-state index in [-0.39, 0.29) is 23.5 Å². The number of aromatic amines is 1. The molecule has 9 nitrogen and oxygen atoms in total. The predicted octanol–water partition coefficient (Wildman–Crippen LogP) is 1.16. The molecule has 3 aromatic rings. The molecule has 3 rings (SSSR count). The second kappa shape index (κ2) is 5.04. The number of nitrogens with one attached hydrogen (secondary N) is 3. The number of hydrogen-bond acceptors (Lipinski definition) is 6. The van der Waals surface area contributed by atoms with Gasteiger partial charge in [0.1, 0.15) is 0 Å². The molecule has 3 N–H and O–H groups in total. The van der Waals surface area contributed by atoms with E-state index in [0.717, 1.165) is 0 Å². The Labute approximate surface area is 117 Å². The van der Waals surface area contributed by atoms with Crippen molar-refractivity contribution < 1.29 is 14.0 Å². The smallest absolute Gasteiger partial charge is 0.294 e. The summed E-state index contributed by atoms with van der Waals surface area (Å²) in [4.78, 5) is 23.4. The third-order valence-corrected chi connectivity index (χ3v) is 2.69. The van der Waals surface area contributed by atoms with E-state index in [4.69, 9.17) is 4.42 Å². The van der Waals surface area contributed by atoms with Crippen LogP contribution in [0, 0.1) is 0 Å². The first-order valence-electron chi connectivity index (χ1n) is 5.99. The maximum atomic E-state index is 12.2. The Balaban J connectivity index is 2.01. The number of hydrogen-bond donors (Lipinski definition) is 3. The number of anilines is 2. The van der Waals surface area contributed by atoms with Gasteiger partial charge in [0.15, 0.2) is 0 Å². The summed E-state index contributed by atoms with van der Waals surface area (Å²) in [6.07, 6.45) is 0. The van der Waals surface area contributed by atoms with Crippen molar-refractivity contribution in [3.8, 4) is 0 Å². The lowest BCUT2D eigenvalue weighted by Crippen LogP contribution is -2.12. The maximum Gasteiger partial charge on any atom is 0.294 e. The van der Waals surface area contributed by atoms with Crippen molar-refractivity contribution >= 4 is 34.4 Å². The Morgan fingerprint density at radius 2 is 1.95 bits per heavy atom. The van der Waals surface area contributed by atoms with E-state index in [1.807, 2.05) is 0 Å². The van der Waals surface area contributed by atoms with Crippen molar-refractivity contribution in [1.82, 2.24) is 20.6 Å². The van der Waals surface area contributed by atoms with Crippen molar-refractivity contribution in [3.05, 3.63) is 30.0 Å². The molecular weight excluding hydrogens is 276 g/mol. The normalized spacial score (nSPS) is 10.5. The van der Waals surface area contributed by atoms with Gasteiger partial charge in [-0.15, -0.1) is 5.10 Å². The van der Waals surface area contributed by atoms with Crippen LogP contribution in [0.4, 0.5) is 11.8 Å². The molecule has 0 atom stereocenters. The Bertz CT molecular complexity index is 808. The van der Waals surface area contributed by atoms with Crippen LogP contribution in [-0.4, -0.2) is 32.4 Å². The molecule has 2 amide bonds. The molecule has 106 valence electrons. The highest BCUT2D eigenvalue weighted by molar-refractivity contribution is 6.13. The summed E-state index contributed by atoms with van der Waals surface area (Å²) in [6, 6.07) is 7.01. The monoisotopic (exact) mass is 286 g/mol.